The molecular formula is C21H37N3O2. The van der Waals surface area contributed by atoms with Crippen molar-refractivity contribution in [1.29, 1.82) is 0 Å². The summed E-state index contributed by atoms with van der Waals surface area (Å²) in [6, 6.07) is 0. The molecule has 1 aliphatic rings. The molecule has 2 N–H and O–H groups in total. The number of quaternary nitrogens is 1. The largest absolute Gasteiger partial charge is 0.544 e. The highest BCUT2D eigenvalue weighted by Gasteiger charge is 2.34. The van der Waals surface area contributed by atoms with Crippen LogP contribution in [0.2, 0.25) is 0 Å². The predicted molar refractivity (Wildman–Crippen MR) is 106 cm³/mol. The van der Waals surface area contributed by atoms with E-state index in [1.165, 1.54) is 44.9 Å². The van der Waals surface area contributed by atoms with Crippen LogP contribution < -0.4 is 10.8 Å². The van der Waals surface area contributed by atoms with Crippen LogP contribution in [0.5, 0.6) is 0 Å². The molecule has 0 radical (unpaired) electrons. The summed E-state index contributed by atoms with van der Waals surface area (Å²) >= 11 is 0. The number of nitrogens with zero attached hydrogens (tertiary/aromatic N) is 2. The van der Waals surface area contributed by atoms with Crippen LogP contribution in [0.25, 0.3) is 0 Å². The Kier molecular flexibility index (Phi) is 11.9. The Hall–Kier alpha value is -1.46. The minimum atomic E-state index is -1.06. The van der Waals surface area contributed by atoms with Crippen molar-refractivity contribution in [2.75, 3.05) is 19.6 Å². The fraction of sp³-hybridized carbons (Fsp3) is 0.714. The maximum Gasteiger partial charge on any atom is 0.207 e. The smallest absolute Gasteiger partial charge is 0.207 e. The number of hydrogen-bond donors (Lipinski definition) is 1. The molecule has 1 heterocycles. The van der Waals surface area contributed by atoms with E-state index in [9.17, 15) is 9.90 Å². The Bertz CT molecular complexity index is 486. The minimum absolute atomic E-state index is 0.0787. The highest BCUT2D eigenvalue weighted by molar-refractivity contribution is 5.80. The van der Waals surface area contributed by atoms with Gasteiger partial charge in [-0.3, -0.25) is 0 Å². The van der Waals surface area contributed by atoms with Crippen molar-refractivity contribution in [3.63, 3.8) is 0 Å². The Balaban J connectivity index is 2.16. The number of nitrogens with two attached hydrogens (primary N) is 1. The molecule has 0 saturated carbocycles. The molecule has 1 unspecified atom stereocenters. The van der Waals surface area contributed by atoms with E-state index in [-0.39, 0.29) is 11.0 Å². The van der Waals surface area contributed by atoms with Gasteiger partial charge in [-0.05, 0) is 32.1 Å². The monoisotopic (exact) mass is 363 g/mol. The lowest BCUT2D eigenvalue weighted by molar-refractivity contribution is -0.780. The number of aliphatic carboxylic acids is 1. The molecule has 5 nitrogen and oxygen atoms in total. The molecule has 0 aliphatic carbocycles. The molecule has 0 fully saturated rings. The average molecular weight is 364 g/mol. The fourth-order valence-electron chi connectivity index (χ4n) is 3.45. The first-order valence-corrected chi connectivity index (χ1v) is 10.3. The third-order valence-electron chi connectivity index (χ3n) is 4.94. The fourth-order valence-corrected chi connectivity index (χ4v) is 3.45. The van der Waals surface area contributed by atoms with E-state index in [0.717, 1.165) is 31.5 Å². The molecule has 0 amide bonds. The second kappa shape index (κ2) is 13.7. The third-order valence-corrected chi connectivity index (χ3v) is 4.94. The molecule has 0 aromatic heterocycles. The van der Waals surface area contributed by atoms with Gasteiger partial charge in [-0.1, -0.05) is 51.2 Å². The van der Waals surface area contributed by atoms with Crippen molar-refractivity contribution < 1.29 is 14.4 Å². The number of allylic oxidation sites excluding steroid dienone is 2. The summed E-state index contributed by atoms with van der Waals surface area (Å²) in [7, 11) is 0. The predicted octanol–water partition coefficient (Wildman–Crippen LogP) is 3.26. The van der Waals surface area contributed by atoms with Gasteiger partial charge in [-0.15, -0.1) is 0 Å². The molecule has 0 bridgehead atoms. The van der Waals surface area contributed by atoms with Crippen LogP contribution in [0.4, 0.5) is 0 Å². The normalized spacial score (nSPS) is 19.4. The summed E-state index contributed by atoms with van der Waals surface area (Å²) in [6.45, 7) is 3.16. The first kappa shape index (κ1) is 22.6. The first-order chi connectivity index (χ1) is 12.6. The van der Waals surface area contributed by atoms with Gasteiger partial charge >= 0.3 is 0 Å². The first-order valence-electron chi connectivity index (χ1n) is 10.3. The number of unbranched alkanes of at least 4 members (excludes halogenated alkanes) is 8. The summed E-state index contributed by atoms with van der Waals surface area (Å²) in [5.74, 6) is -0.161. The number of amidine groups is 1. The number of aliphatic imine (C=N–C) groups is 1. The van der Waals surface area contributed by atoms with Gasteiger partial charge < -0.3 is 15.6 Å². The van der Waals surface area contributed by atoms with Crippen LogP contribution in [0.15, 0.2) is 29.5 Å². The summed E-state index contributed by atoms with van der Waals surface area (Å²) in [5, 5.41) is 11.1. The van der Waals surface area contributed by atoms with Gasteiger partial charge in [0.15, 0.2) is 0 Å². The van der Waals surface area contributed by atoms with Gasteiger partial charge in [-0.2, -0.15) is 0 Å². The van der Waals surface area contributed by atoms with E-state index in [4.69, 9.17) is 5.73 Å². The Labute approximate surface area is 159 Å². The minimum Gasteiger partial charge on any atom is -0.544 e. The van der Waals surface area contributed by atoms with E-state index >= 15 is 0 Å². The Morgan fingerprint density at radius 1 is 1.12 bits per heavy atom. The van der Waals surface area contributed by atoms with E-state index in [2.05, 4.69) is 24.1 Å². The maximum atomic E-state index is 11.1. The molecule has 1 aliphatic heterocycles. The van der Waals surface area contributed by atoms with Gasteiger partial charge in [-0.25, -0.2) is 9.48 Å². The van der Waals surface area contributed by atoms with E-state index < -0.39 is 5.97 Å². The van der Waals surface area contributed by atoms with Crippen molar-refractivity contribution in [3.8, 4) is 0 Å². The third kappa shape index (κ3) is 8.77. The maximum absolute atomic E-state index is 11.1. The van der Waals surface area contributed by atoms with Crippen molar-refractivity contribution in [3.05, 3.63) is 24.6 Å². The highest BCUT2D eigenvalue weighted by atomic mass is 16.4. The topological polar surface area (TPSA) is 78.5 Å². The lowest BCUT2D eigenvalue weighted by Gasteiger charge is -2.32. The average Bonchev–Trinajstić information content (AvgIpc) is 2.97. The van der Waals surface area contributed by atoms with Crippen molar-refractivity contribution >= 4 is 11.8 Å². The summed E-state index contributed by atoms with van der Waals surface area (Å²) < 4.78 is 0.229. The van der Waals surface area contributed by atoms with Crippen LogP contribution in [0.1, 0.15) is 77.6 Å². The van der Waals surface area contributed by atoms with Crippen LogP contribution in [-0.2, 0) is 4.79 Å². The summed E-state index contributed by atoms with van der Waals surface area (Å²) in [5.41, 5.74) is 5.67. The highest BCUT2D eigenvalue weighted by Crippen LogP contribution is 2.20. The molecule has 0 spiro atoms. The van der Waals surface area contributed by atoms with Crippen molar-refractivity contribution in [2.24, 2.45) is 10.7 Å². The molecule has 0 saturated heterocycles. The molecule has 1 rings (SSSR count). The van der Waals surface area contributed by atoms with Crippen molar-refractivity contribution in [2.45, 2.75) is 77.6 Å². The van der Waals surface area contributed by atoms with Gasteiger partial charge in [0, 0.05) is 13.0 Å². The molecule has 26 heavy (non-hydrogen) atoms. The second-order valence-electron chi connectivity index (χ2n) is 7.19. The number of carbonyl (C=O) groups excluding carboxylic acids is 1. The Morgan fingerprint density at radius 3 is 2.42 bits per heavy atom. The van der Waals surface area contributed by atoms with E-state index in [1.54, 1.807) is 6.20 Å². The molecule has 1 atom stereocenters. The molecule has 0 aromatic rings. The number of carbonyl (C=O) groups is 1. The van der Waals surface area contributed by atoms with Crippen molar-refractivity contribution in [1.82, 2.24) is 0 Å². The van der Waals surface area contributed by atoms with E-state index in [1.807, 2.05) is 6.20 Å². The zero-order chi connectivity index (χ0) is 19.1. The second-order valence-corrected chi connectivity index (χ2v) is 7.19. The zero-order valence-corrected chi connectivity index (χ0v) is 16.5. The SMILES string of the molecule is CCCCCCCC/C=C/CCCCC1=NC=C[N+]1(CCN)CC(=O)[O-]. The van der Waals surface area contributed by atoms with Crippen LogP contribution in [0, 0.1) is 0 Å². The van der Waals surface area contributed by atoms with E-state index in [0.29, 0.717) is 13.1 Å². The summed E-state index contributed by atoms with van der Waals surface area (Å²) in [6.07, 6.45) is 21.4. The van der Waals surface area contributed by atoms with Gasteiger partial charge in [0.2, 0.25) is 5.84 Å². The quantitative estimate of drug-likeness (QED) is 0.260. The number of hydrogen-bond acceptors (Lipinski definition) is 4. The zero-order valence-electron chi connectivity index (χ0n) is 16.5. The molecule has 148 valence electrons. The Morgan fingerprint density at radius 2 is 1.77 bits per heavy atom. The van der Waals surface area contributed by atoms with Gasteiger partial charge in [0.05, 0.1) is 12.2 Å². The summed E-state index contributed by atoms with van der Waals surface area (Å²) in [4.78, 5) is 15.5. The molecular weight excluding hydrogens is 326 g/mol. The van der Waals surface area contributed by atoms with Crippen LogP contribution in [0.3, 0.4) is 0 Å². The van der Waals surface area contributed by atoms with Gasteiger partial charge in [0.25, 0.3) is 0 Å². The van der Waals surface area contributed by atoms with Crippen LogP contribution >= 0.6 is 0 Å². The number of carboxylic acids is 1. The number of carboxylic acid groups (broad SMARTS) is 1. The molecule has 0 aromatic carbocycles. The lowest BCUT2D eigenvalue weighted by Crippen LogP contribution is -2.55. The van der Waals surface area contributed by atoms with Gasteiger partial charge in [0.1, 0.15) is 19.3 Å². The lowest BCUT2D eigenvalue weighted by atomic mass is 10.1. The van der Waals surface area contributed by atoms with Crippen LogP contribution in [-0.4, -0.2) is 35.9 Å². The molecule has 5 heteroatoms. The number of rotatable bonds is 16. The standard InChI is InChI=1S/C21H37N3O2/c1-2-3-4-5-6-7-8-9-10-11-12-13-14-20-23-16-18-24(20,17-15-22)19-21(25)26/h9-10,16,18H,2-8,11-15,17,19,22H2,1H3/b10-9+.